The van der Waals surface area contributed by atoms with Crippen LogP contribution in [0.25, 0.3) is 10.6 Å². The van der Waals surface area contributed by atoms with Gasteiger partial charge in [0.2, 0.25) is 0 Å². The molecule has 22 heavy (non-hydrogen) atoms. The Bertz CT molecular complexity index is 680. The Morgan fingerprint density at radius 1 is 1.41 bits per heavy atom. The van der Waals surface area contributed by atoms with Crippen LogP contribution in [0.4, 0.5) is 0 Å². The summed E-state index contributed by atoms with van der Waals surface area (Å²) in [6.45, 7) is 6.55. The molecular weight excluding hydrogens is 300 g/mol. The van der Waals surface area contributed by atoms with Crippen LogP contribution in [-0.2, 0) is 6.54 Å². The Balaban J connectivity index is 2.34. The van der Waals surface area contributed by atoms with Crippen LogP contribution in [0.2, 0.25) is 0 Å². The lowest BCUT2D eigenvalue weighted by molar-refractivity contribution is 0.112. The molecule has 0 N–H and O–H groups in total. The standard InChI is InChI=1S/C16H18N2O3S/c1-10(2)9-21-14-5-4-12(6-13(14)7-17-20)16-18-11(3)15(8-19)22-16/h4-6,8,10H,7,9H2,1-3H3. The number of aryl methyl sites for hydroxylation is 1. The fourth-order valence-electron chi connectivity index (χ4n) is 1.94. The molecule has 0 saturated carbocycles. The number of aldehydes is 1. The minimum absolute atomic E-state index is 0.0478. The number of ether oxygens (including phenoxy) is 1. The molecule has 0 saturated heterocycles. The second-order valence-corrected chi connectivity index (χ2v) is 6.43. The molecule has 0 unspecified atom stereocenters. The molecule has 5 nitrogen and oxygen atoms in total. The van der Waals surface area contributed by atoms with Crippen molar-refractivity contribution >= 4 is 17.6 Å². The van der Waals surface area contributed by atoms with Crippen molar-refractivity contribution in [3.05, 3.63) is 39.2 Å². The minimum Gasteiger partial charge on any atom is -0.493 e. The van der Waals surface area contributed by atoms with Gasteiger partial charge in [-0.15, -0.1) is 11.3 Å². The van der Waals surface area contributed by atoms with Gasteiger partial charge in [-0.1, -0.05) is 19.0 Å². The van der Waals surface area contributed by atoms with Gasteiger partial charge in [-0.25, -0.2) is 4.98 Å². The van der Waals surface area contributed by atoms with Crippen molar-refractivity contribution in [3.63, 3.8) is 0 Å². The summed E-state index contributed by atoms with van der Waals surface area (Å²) < 4.78 is 5.72. The molecule has 0 aliphatic carbocycles. The van der Waals surface area contributed by atoms with Gasteiger partial charge in [0, 0.05) is 11.1 Å². The number of nitroso groups, excluding NO2 is 1. The molecule has 1 aromatic heterocycles. The van der Waals surface area contributed by atoms with E-state index >= 15 is 0 Å². The summed E-state index contributed by atoms with van der Waals surface area (Å²) in [5.74, 6) is 1.06. The first-order valence-electron chi connectivity index (χ1n) is 7.03. The van der Waals surface area contributed by atoms with Gasteiger partial charge >= 0.3 is 0 Å². The Morgan fingerprint density at radius 2 is 2.18 bits per heavy atom. The molecular formula is C16H18N2O3S. The molecule has 2 aromatic rings. The molecule has 0 aliphatic heterocycles. The molecule has 0 radical (unpaired) electrons. The second kappa shape index (κ2) is 7.26. The average Bonchev–Trinajstić information content (AvgIpc) is 2.87. The second-order valence-electron chi connectivity index (χ2n) is 5.40. The van der Waals surface area contributed by atoms with E-state index in [1.165, 1.54) is 11.3 Å². The first kappa shape index (κ1) is 16.3. The number of carbonyl (C=O) groups excluding carboxylic acids is 1. The van der Waals surface area contributed by atoms with Crippen LogP contribution >= 0.6 is 11.3 Å². The fourth-order valence-corrected chi connectivity index (χ4v) is 2.82. The third kappa shape index (κ3) is 3.76. The Hall–Kier alpha value is -2.08. The van der Waals surface area contributed by atoms with E-state index in [1.807, 2.05) is 18.2 Å². The number of hydrogen-bond donors (Lipinski definition) is 0. The van der Waals surface area contributed by atoms with Crippen molar-refractivity contribution in [2.24, 2.45) is 11.1 Å². The fraction of sp³-hybridized carbons (Fsp3) is 0.375. The molecule has 0 aliphatic rings. The predicted molar refractivity (Wildman–Crippen MR) is 87.5 cm³/mol. The lowest BCUT2D eigenvalue weighted by Crippen LogP contribution is -2.06. The Kier molecular flexibility index (Phi) is 5.38. The normalized spacial score (nSPS) is 10.7. The van der Waals surface area contributed by atoms with Crippen LogP contribution in [0.15, 0.2) is 23.4 Å². The van der Waals surface area contributed by atoms with Gasteiger partial charge in [0.05, 0.1) is 17.2 Å². The van der Waals surface area contributed by atoms with Gasteiger partial charge in [0.15, 0.2) is 6.29 Å². The molecule has 1 aromatic carbocycles. The van der Waals surface area contributed by atoms with Gasteiger partial charge in [0.25, 0.3) is 0 Å². The van der Waals surface area contributed by atoms with E-state index in [4.69, 9.17) is 4.74 Å². The maximum absolute atomic E-state index is 10.9. The van der Waals surface area contributed by atoms with E-state index in [1.54, 1.807) is 6.92 Å². The first-order chi connectivity index (χ1) is 10.5. The molecule has 0 spiro atoms. The first-order valence-corrected chi connectivity index (χ1v) is 7.84. The minimum atomic E-state index is 0.0478. The quantitative estimate of drug-likeness (QED) is 0.566. The van der Waals surface area contributed by atoms with Gasteiger partial charge in [-0.3, -0.25) is 4.79 Å². The number of rotatable bonds is 7. The van der Waals surface area contributed by atoms with E-state index in [9.17, 15) is 9.70 Å². The van der Waals surface area contributed by atoms with Gasteiger partial charge in [-0.2, -0.15) is 4.91 Å². The van der Waals surface area contributed by atoms with Crippen LogP contribution in [-0.4, -0.2) is 17.9 Å². The van der Waals surface area contributed by atoms with Crippen LogP contribution < -0.4 is 4.74 Å². The molecule has 116 valence electrons. The third-order valence-corrected chi connectivity index (χ3v) is 4.19. The van der Waals surface area contributed by atoms with Crippen LogP contribution in [0.5, 0.6) is 5.75 Å². The summed E-state index contributed by atoms with van der Waals surface area (Å²) in [5, 5.41) is 3.72. The zero-order valence-electron chi connectivity index (χ0n) is 12.8. The van der Waals surface area contributed by atoms with E-state index in [0.29, 0.717) is 28.8 Å². The number of nitrogens with zero attached hydrogens (tertiary/aromatic N) is 2. The molecule has 0 atom stereocenters. The van der Waals surface area contributed by atoms with Crippen LogP contribution in [0, 0.1) is 17.7 Å². The number of benzene rings is 1. The SMILES string of the molecule is Cc1nc(-c2ccc(OCC(C)C)c(CN=O)c2)sc1C=O. The number of carbonyl (C=O) groups is 1. The summed E-state index contributed by atoms with van der Waals surface area (Å²) in [6, 6.07) is 5.57. The highest BCUT2D eigenvalue weighted by molar-refractivity contribution is 7.16. The molecule has 0 fully saturated rings. The van der Waals surface area contributed by atoms with Crippen LogP contribution in [0.1, 0.15) is 34.8 Å². The summed E-state index contributed by atoms with van der Waals surface area (Å²) in [7, 11) is 0. The van der Waals surface area contributed by atoms with Gasteiger partial charge in [-0.05, 0) is 31.0 Å². The lowest BCUT2D eigenvalue weighted by atomic mass is 10.1. The maximum atomic E-state index is 10.9. The van der Waals surface area contributed by atoms with Crippen molar-refractivity contribution in [2.45, 2.75) is 27.3 Å². The van der Waals surface area contributed by atoms with E-state index < -0.39 is 0 Å². The largest absolute Gasteiger partial charge is 0.493 e. The number of thiazole rings is 1. The van der Waals surface area contributed by atoms with Crippen molar-refractivity contribution in [1.29, 1.82) is 0 Å². The zero-order chi connectivity index (χ0) is 16.1. The molecule has 0 amide bonds. The number of hydrogen-bond acceptors (Lipinski definition) is 6. The summed E-state index contributed by atoms with van der Waals surface area (Å²) in [5.41, 5.74) is 2.30. The van der Waals surface area contributed by atoms with Crippen molar-refractivity contribution in [3.8, 4) is 16.3 Å². The summed E-state index contributed by atoms with van der Waals surface area (Å²) in [6.07, 6.45) is 0.810. The van der Waals surface area contributed by atoms with Gasteiger partial charge in [0.1, 0.15) is 17.3 Å². The Morgan fingerprint density at radius 3 is 2.77 bits per heavy atom. The van der Waals surface area contributed by atoms with Crippen LogP contribution in [0.3, 0.4) is 0 Å². The van der Waals surface area contributed by atoms with E-state index in [2.05, 4.69) is 24.0 Å². The summed E-state index contributed by atoms with van der Waals surface area (Å²) >= 11 is 1.33. The smallest absolute Gasteiger partial charge is 0.161 e. The zero-order valence-corrected chi connectivity index (χ0v) is 13.6. The third-order valence-electron chi connectivity index (χ3n) is 3.05. The molecule has 6 heteroatoms. The van der Waals surface area contributed by atoms with E-state index in [-0.39, 0.29) is 6.54 Å². The highest BCUT2D eigenvalue weighted by Gasteiger charge is 2.12. The Labute approximate surface area is 133 Å². The predicted octanol–water partition coefficient (Wildman–Crippen LogP) is 4.23. The highest BCUT2D eigenvalue weighted by atomic mass is 32.1. The number of aromatic nitrogens is 1. The molecule has 2 rings (SSSR count). The van der Waals surface area contributed by atoms with Crippen molar-refractivity contribution in [1.82, 2.24) is 4.98 Å². The average molecular weight is 318 g/mol. The van der Waals surface area contributed by atoms with Crippen molar-refractivity contribution in [2.75, 3.05) is 6.61 Å². The monoisotopic (exact) mass is 318 g/mol. The maximum Gasteiger partial charge on any atom is 0.161 e. The molecule has 1 heterocycles. The highest BCUT2D eigenvalue weighted by Crippen LogP contribution is 2.31. The van der Waals surface area contributed by atoms with E-state index in [0.717, 1.165) is 22.4 Å². The van der Waals surface area contributed by atoms with Crippen molar-refractivity contribution < 1.29 is 9.53 Å². The summed E-state index contributed by atoms with van der Waals surface area (Å²) in [4.78, 5) is 26.6. The molecule has 0 bridgehead atoms. The topological polar surface area (TPSA) is 68.6 Å². The van der Waals surface area contributed by atoms with Gasteiger partial charge < -0.3 is 4.74 Å². The lowest BCUT2D eigenvalue weighted by Gasteiger charge is -2.12.